The van der Waals surface area contributed by atoms with Crippen molar-refractivity contribution in [3.8, 4) is 147 Å². The molecule has 0 atom stereocenters. The molecule has 0 saturated carbocycles. The summed E-state index contributed by atoms with van der Waals surface area (Å²) in [5, 5.41) is 25.5. The summed E-state index contributed by atoms with van der Waals surface area (Å²) >= 11 is 0. The van der Waals surface area contributed by atoms with Crippen molar-refractivity contribution >= 4 is 121 Å². The summed E-state index contributed by atoms with van der Waals surface area (Å²) in [5.74, 6) is -6.94. The molecule has 0 spiro atoms. The fourth-order valence-electron chi connectivity index (χ4n) is 19.1. The van der Waals surface area contributed by atoms with Crippen LogP contribution < -0.4 is 0 Å². The number of aromatic nitrogens is 9. The van der Waals surface area contributed by atoms with Crippen LogP contribution in [0.3, 0.4) is 0 Å². The molecule has 0 fully saturated rings. The lowest BCUT2D eigenvalue weighted by Crippen LogP contribution is -2.05. The van der Waals surface area contributed by atoms with Crippen LogP contribution in [0, 0.1) is 79.1 Å². The lowest BCUT2D eigenvalue weighted by atomic mass is 9.94. The number of hydrogen-bond donors (Lipinski definition) is 0. The van der Waals surface area contributed by atoms with Gasteiger partial charge in [0.1, 0.15) is 11.6 Å². The third kappa shape index (κ3) is 16.9. The smallest absolute Gasteiger partial charge is 0.255 e. The van der Waals surface area contributed by atoms with Gasteiger partial charge in [0.2, 0.25) is 17.1 Å². The number of nitrogens with zero attached hydrogens (tertiary/aromatic N) is 15. The zero-order valence-electron chi connectivity index (χ0n) is 77.2. The first-order valence-corrected chi connectivity index (χ1v) is 46.2. The molecule has 0 bridgehead atoms. The molecule has 24 aromatic rings. The highest BCUT2D eigenvalue weighted by molar-refractivity contribution is 6.27. The predicted octanol–water partition coefficient (Wildman–Crippen LogP) is 33.8. The van der Waals surface area contributed by atoms with Gasteiger partial charge in [-0.15, -0.1) is 0 Å². The van der Waals surface area contributed by atoms with Crippen LogP contribution in [0.2, 0.25) is 0 Å². The number of benzene rings is 18. The topological polar surface area (TPSA) is 181 Å². The zero-order valence-corrected chi connectivity index (χ0v) is 77.2. The van der Waals surface area contributed by atoms with Gasteiger partial charge in [0.05, 0.1) is 144 Å². The minimum atomic E-state index is -4.47. The maximum atomic E-state index is 15.2. The third-order valence-electron chi connectivity index (χ3n) is 25.7. The summed E-state index contributed by atoms with van der Waals surface area (Å²) < 4.78 is 101. The van der Waals surface area contributed by atoms with E-state index in [1.807, 2.05) is 309 Å². The number of nitriles is 2. The van der Waals surface area contributed by atoms with Crippen molar-refractivity contribution in [2.45, 2.75) is 13.1 Å². The fraction of sp³-hybridized carbons (Fsp3) is 0.0160. The summed E-state index contributed by atoms with van der Waals surface area (Å²) in [6.45, 7) is 33.8. The van der Waals surface area contributed by atoms with Gasteiger partial charge in [-0.3, -0.25) is 15.0 Å². The van der Waals surface area contributed by atoms with Crippen LogP contribution in [0.5, 0.6) is 0 Å². The van der Waals surface area contributed by atoms with E-state index in [2.05, 4.69) is 25.4 Å². The molecule has 0 N–H and O–H groups in total. The minimum Gasteiger partial charge on any atom is -0.255 e. The fourth-order valence-corrected chi connectivity index (χ4v) is 19.1. The van der Waals surface area contributed by atoms with Crippen LogP contribution in [-0.2, 0) is 6.18 Å². The van der Waals surface area contributed by atoms with E-state index in [0.29, 0.717) is 151 Å². The second-order valence-corrected chi connectivity index (χ2v) is 34.7. The molecule has 24 rings (SSSR count). The van der Waals surface area contributed by atoms with E-state index in [1.165, 1.54) is 30.3 Å². The Morgan fingerprint density at radius 1 is 0.245 bits per heavy atom. The van der Waals surface area contributed by atoms with Gasteiger partial charge in [0.25, 0.3) is 0 Å². The second-order valence-electron chi connectivity index (χ2n) is 34.7. The average molecular weight is 1910 g/mol. The summed E-state index contributed by atoms with van der Waals surface area (Å²) in [7, 11) is 0. The highest BCUT2D eigenvalue weighted by Crippen LogP contribution is 2.50. The standard InChI is InChI=1S/C42H25F3N4.C42H22N6.C41H19F4N5/c1-25-20-30(23-31(21-25)42(43,44)45)28-16-11-17-29(22-28)37-33-24-35(46-2)40-41(36(33)32-18-9-10-19-34(32)47-37)49-39(27-14-7-4-8-15-27)38(48-40)26-12-5-3-6-13-26;1-44-32-21-26(25-43)20-31(23-32)29-16-11-17-30(22-29)38-34-24-36(45-2)41-42(37(34)33-18-9-10-19-35(33)46-38)48-40(28-14-7-4-8-15-28)39(47-41)27-12-5-3-6-13-27;1-47-30-20-27-32(41-40(30)49-38(22-11-4-2-5-12-22)39(50-41)23-13-6-3-7-14-23)26-17-8-9-18-29(26)48-37(27)25-16-10-15-24(19-25)31-35(44)33(42)28(21-46)34(43)36(31)45/h3-24H,1H3;3-24H;2-20H. The lowest BCUT2D eigenvalue weighted by Gasteiger charge is -2.16. The van der Waals surface area contributed by atoms with Crippen LogP contribution in [-0.4, -0.2) is 44.9 Å². The van der Waals surface area contributed by atoms with Crippen molar-refractivity contribution in [3.05, 3.63) is 473 Å². The van der Waals surface area contributed by atoms with E-state index in [1.54, 1.807) is 49.4 Å². The molecule has 0 aliphatic rings. The van der Waals surface area contributed by atoms with Crippen molar-refractivity contribution in [1.29, 1.82) is 10.5 Å². The van der Waals surface area contributed by atoms with Crippen molar-refractivity contribution in [3.63, 3.8) is 0 Å². The normalized spacial score (nSPS) is 11.2. The Hall–Kier alpha value is -20.6. The number of hydrogen-bond acceptors (Lipinski definition) is 11. The molecular formula is C125H66F7N15. The quantitative estimate of drug-likeness (QED) is 0.0491. The number of rotatable bonds is 12. The van der Waals surface area contributed by atoms with Crippen LogP contribution in [0.25, 0.3) is 252 Å². The molecule has 0 amide bonds. The molecule has 0 unspecified atom stereocenters. The van der Waals surface area contributed by atoms with E-state index >= 15 is 8.78 Å². The van der Waals surface area contributed by atoms with Crippen LogP contribution in [0.4, 0.5) is 53.5 Å². The molecule has 0 saturated heterocycles. The Morgan fingerprint density at radius 2 is 0.537 bits per heavy atom. The second kappa shape index (κ2) is 38.2. The Balaban J connectivity index is 0.000000125. The van der Waals surface area contributed by atoms with Crippen LogP contribution >= 0.6 is 0 Å². The van der Waals surface area contributed by atoms with Gasteiger partial charge in [-0.25, -0.2) is 66.8 Å². The largest absolute Gasteiger partial charge is 0.416 e. The first-order chi connectivity index (χ1) is 71.8. The number of fused-ring (bicyclic) bond motifs is 15. The molecule has 6 aromatic heterocycles. The summed E-state index contributed by atoms with van der Waals surface area (Å²) in [6.07, 6.45) is -4.47. The monoisotopic (exact) mass is 1910 g/mol. The highest BCUT2D eigenvalue weighted by Gasteiger charge is 2.33. The molecule has 6 heterocycles. The zero-order chi connectivity index (χ0) is 101. The lowest BCUT2D eigenvalue weighted by molar-refractivity contribution is -0.137. The molecule has 147 heavy (non-hydrogen) atoms. The number of para-hydroxylation sites is 3. The highest BCUT2D eigenvalue weighted by atomic mass is 19.4. The van der Waals surface area contributed by atoms with Crippen molar-refractivity contribution in [2.24, 2.45) is 0 Å². The maximum Gasteiger partial charge on any atom is 0.416 e. The summed E-state index contributed by atoms with van der Waals surface area (Å²) in [5.41, 5.74) is 19.8. The van der Waals surface area contributed by atoms with Crippen molar-refractivity contribution < 1.29 is 30.7 Å². The molecule has 18 aromatic carbocycles. The molecule has 0 aliphatic heterocycles. The molecular weight excluding hydrogens is 1840 g/mol. The Kier molecular flexibility index (Phi) is 23.8. The Bertz CT molecular complexity index is 9810. The Morgan fingerprint density at radius 3 is 0.850 bits per heavy atom. The van der Waals surface area contributed by atoms with Gasteiger partial charge in [-0.2, -0.15) is 23.7 Å². The molecule has 0 radical (unpaired) electrons. The molecule has 690 valence electrons. The van der Waals surface area contributed by atoms with Crippen LogP contribution in [0.15, 0.2) is 382 Å². The van der Waals surface area contributed by atoms with Crippen molar-refractivity contribution in [1.82, 2.24) is 44.9 Å². The van der Waals surface area contributed by atoms with Crippen LogP contribution in [0.1, 0.15) is 22.3 Å². The van der Waals surface area contributed by atoms with Gasteiger partial charge in [-0.1, -0.05) is 297 Å². The molecule has 22 heteroatoms. The van der Waals surface area contributed by atoms with E-state index in [0.717, 1.165) is 105 Å². The van der Waals surface area contributed by atoms with Gasteiger partial charge < -0.3 is 0 Å². The molecule has 15 nitrogen and oxygen atoms in total. The summed E-state index contributed by atoms with van der Waals surface area (Å²) in [4.78, 5) is 61.8. The number of halogens is 7. The number of alkyl halides is 3. The van der Waals surface area contributed by atoms with Gasteiger partial charge >= 0.3 is 6.18 Å². The first kappa shape index (κ1) is 91.5. The van der Waals surface area contributed by atoms with Gasteiger partial charge in [-0.05, 0) is 125 Å². The van der Waals surface area contributed by atoms with E-state index < -0.39 is 46.1 Å². The van der Waals surface area contributed by atoms with Crippen molar-refractivity contribution in [2.75, 3.05) is 0 Å². The van der Waals surface area contributed by atoms with E-state index in [9.17, 15) is 27.2 Å². The van der Waals surface area contributed by atoms with Gasteiger partial charge in [0, 0.05) is 104 Å². The molecule has 0 aliphatic carbocycles. The average Bonchev–Trinajstić information content (AvgIpc) is 0.726. The maximum absolute atomic E-state index is 15.2. The number of aryl methyl sites for hydroxylation is 1. The first-order valence-electron chi connectivity index (χ1n) is 46.2. The van der Waals surface area contributed by atoms with E-state index in [4.69, 9.17) is 76.4 Å². The summed E-state index contributed by atoms with van der Waals surface area (Å²) in [6, 6.07) is 121. The Labute approximate surface area is 835 Å². The van der Waals surface area contributed by atoms with E-state index in [-0.39, 0.29) is 11.3 Å². The SMILES string of the molecule is [C-]#[N+]c1cc(C#N)cc(-c2cccc(-c3nc4ccccc4c4c3cc([N+]#[C-])c3nc(-c5ccccc5)c(-c5ccccc5)nc34)c2)c1.[C-]#[N+]c1cc2c(-c3cccc(-c4c(F)c(F)c(C#N)c(F)c4F)c3)nc3ccccc3c2c2nc(-c3ccccc3)c(-c3ccccc3)nc12.[C-]#[N+]c1cc2c(-c3cccc(-c4cc(C)cc(C(F)(F)F)c4)c3)nc3ccccc3c2c2nc(-c3ccccc3)c(-c3ccccc3)nc12. The van der Waals surface area contributed by atoms with Gasteiger partial charge in [0.15, 0.2) is 29.0 Å². The minimum absolute atomic E-state index is 0.173. The third-order valence-corrected chi connectivity index (χ3v) is 25.7. The predicted molar refractivity (Wildman–Crippen MR) is 566 cm³/mol. The number of pyridine rings is 3.